The number of carbonyl (C=O) groups excluding carboxylic acids is 1. The molecular weight excluding hydrogens is 509 g/mol. The lowest BCUT2D eigenvalue weighted by atomic mass is 10.1. The summed E-state index contributed by atoms with van der Waals surface area (Å²) in [4.78, 5) is 29.2. The van der Waals surface area contributed by atoms with E-state index in [9.17, 15) is 17.8 Å². The Morgan fingerprint density at radius 1 is 0.943 bits per heavy atom. The summed E-state index contributed by atoms with van der Waals surface area (Å²) in [6, 6.07) is 6.94. The van der Waals surface area contributed by atoms with E-state index in [1.807, 2.05) is 0 Å². The van der Waals surface area contributed by atoms with E-state index < -0.39 is 30.4 Å². The number of nitrogens with one attached hydrogen (secondary N) is 1. The Morgan fingerprint density at radius 3 is 2.06 bits per heavy atom. The molecule has 13 nitrogen and oxygen atoms in total. The third-order valence-corrected chi connectivity index (χ3v) is 5.65. The number of esters is 1. The average molecular weight is 533 g/mol. The molecule has 0 spiro atoms. The van der Waals surface area contributed by atoms with Gasteiger partial charge >= 0.3 is 13.8 Å². The van der Waals surface area contributed by atoms with Crippen molar-refractivity contribution in [1.29, 1.82) is 0 Å². The number of rotatable bonds is 12. The molecule has 2 aromatic carbocycles. The number of benzene rings is 2. The van der Waals surface area contributed by atoms with Crippen LogP contribution in [0.1, 0.15) is 5.56 Å². The van der Waals surface area contributed by atoms with Crippen molar-refractivity contribution in [3.8, 4) is 28.7 Å². The van der Waals surface area contributed by atoms with E-state index in [1.165, 1.54) is 46.6 Å². The first-order valence-electron chi connectivity index (χ1n) is 9.51. The highest BCUT2D eigenvalue weighted by Crippen LogP contribution is 2.37. The summed E-state index contributed by atoms with van der Waals surface area (Å²) in [5, 5.41) is 0.879. The second-order valence-corrected chi connectivity index (χ2v) is 9.30. The molecule has 2 aromatic rings. The SMILES string of the molecule is COc1cc(OC)c(/C=C/S(=O)(=O)Nc2ccc(OC)c(OC(=O)COP(=O)(O)O)c2)c(OC)c1. The summed E-state index contributed by atoms with van der Waals surface area (Å²) in [6.07, 6.45) is 1.27. The van der Waals surface area contributed by atoms with Crippen LogP contribution in [0.3, 0.4) is 0 Å². The quantitative estimate of drug-likeness (QED) is 0.206. The Labute approximate surface area is 201 Å². The molecule has 0 aromatic heterocycles. The minimum absolute atomic E-state index is 0.00261. The fraction of sp³-hybridized carbons (Fsp3) is 0.250. The fourth-order valence-corrected chi connectivity index (χ4v) is 3.77. The molecule has 0 heterocycles. The van der Waals surface area contributed by atoms with Crippen molar-refractivity contribution < 1.29 is 55.8 Å². The van der Waals surface area contributed by atoms with E-state index in [0.717, 1.165) is 11.5 Å². The van der Waals surface area contributed by atoms with Crippen molar-refractivity contribution in [3.63, 3.8) is 0 Å². The standard InChI is InChI=1S/C20H24NO12PS/c1-28-14-10-17(30-3)15(18(11-14)31-4)7-8-35(26,27)21-13-5-6-16(29-2)19(9-13)33-20(22)12-32-34(23,24)25/h5-11,21H,12H2,1-4H3,(H2,23,24,25)/b8-7+. The summed E-state index contributed by atoms with van der Waals surface area (Å²) in [5.74, 6) is -0.239. The predicted octanol–water partition coefficient (Wildman–Crippen LogP) is 2.15. The molecule has 35 heavy (non-hydrogen) atoms. The van der Waals surface area contributed by atoms with E-state index in [1.54, 1.807) is 12.1 Å². The highest BCUT2D eigenvalue weighted by atomic mass is 32.2. The van der Waals surface area contributed by atoms with Crippen molar-refractivity contribution in [2.45, 2.75) is 0 Å². The number of anilines is 1. The second kappa shape index (κ2) is 11.9. The molecule has 0 atom stereocenters. The van der Waals surface area contributed by atoms with Crippen LogP contribution >= 0.6 is 7.82 Å². The minimum atomic E-state index is -4.89. The zero-order chi connectivity index (χ0) is 26.2. The molecule has 192 valence electrons. The van der Waals surface area contributed by atoms with Gasteiger partial charge in [0, 0.05) is 18.2 Å². The zero-order valence-corrected chi connectivity index (χ0v) is 20.8. The van der Waals surface area contributed by atoms with Gasteiger partial charge in [-0.25, -0.2) is 17.8 Å². The third-order valence-electron chi connectivity index (χ3n) is 4.17. The van der Waals surface area contributed by atoms with E-state index in [2.05, 4.69) is 9.25 Å². The Balaban J connectivity index is 2.26. The fourth-order valence-electron chi connectivity index (χ4n) is 2.66. The number of phosphoric acid groups is 1. The molecule has 0 amide bonds. The normalized spacial score (nSPS) is 11.7. The number of sulfonamides is 1. The lowest BCUT2D eigenvalue weighted by Crippen LogP contribution is -2.15. The van der Waals surface area contributed by atoms with Crippen LogP contribution in [0.2, 0.25) is 0 Å². The molecule has 0 radical (unpaired) electrons. The van der Waals surface area contributed by atoms with Crippen LogP contribution in [0.15, 0.2) is 35.7 Å². The van der Waals surface area contributed by atoms with Gasteiger partial charge in [-0.3, -0.25) is 9.25 Å². The number of hydrogen-bond donors (Lipinski definition) is 3. The Hall–Kier alpha value is -3.29. The maximum atomic E-state index is 12.6. The first-order chi connectivity index (χ1) is 16.4. The van der Waals surface area contributed by atoms with Gasteiger partial charge in [-0.1, -0.05) is 0 Å². The van der Waals surface area contributed by atoms with Gasteiger partial charge in [0.2, 0.25) is 0 Å². The number of phosphoric ester groups is 1. The largest absolute Gasteiger partial charge is 0.496 e. The lowest BCUT2D eigenvalue weighted by molar-refractivity contribution is -0.137. The van der Waals surface area contributed by atoms with Crippen LogP contribution in [-0.4, -0.2) is 59.2 Å². The van der Waals surface area contributed by atoms with Crippen LogP contribution in [0, 0.1) is 0 Å². The predicted molar refractivity (Wildman–Crippen MR) is 124 cm³/mol. The van der Waals surface area contributed by atoms with Crippen molar-refractivity contribution in [1.82, 2.24) is 0 Å². The van der Waals surface area contributed by atoms with Crippen molar-refractivity contribution >= 4 is 35.6 Å². The van der Waals surface area contributed by atoms with Gasteiger partial charge in [-0.2, -0.15) is 0 Å². The molecule has 0 fully saturated rings. The second-order valence-electron chi connectivity index (χ2n) is 6.50. The number of ether oxygens (including phenoxy) is 5. The van der Waals surface area contributed by atoms with Gasteiger partial charge < -0.3 is 33.5 Å². The monoisotopic (exact) mass is 533 g/mol. The first kappa shape index (κ1) is 28.0. The molecule has 0 aliphatic rings. The maximum absolute atomic E-state index is 12.6. The molecule has 0 bridgehead atoms. The number of carbonyl (C=O) groups is 1. The van der Waals surface area contributed by atoms with Crippen molar-refractivity contribution in [2.75, 3.05) is 39.8 Å². The van der Waals surface area contributed by atoms with Gasteiger partial charge in [0.25, 0.3) is 10.0 Å². The summed E-state index contributed by atoms with van der Waals surface area (Å²) >= 11 is 0. The molecule has 2 rings (SSSR count). The van der Waals surface area contributed by atoms with Crippen LogP contribution in [0.25, 0.3) is 6.08 Å². The van der Waals surface area contributed by atoms with Gasteiger partial charge in [-0.15, -0.1) is 0 Å². The summed E-state index contributed by atoms with van der Waals surface area (Å²) in [5.41, 5.74) is 0.346. The van der Waals surface area contributed by atoms with Crippen LogP contribution in [0.4, 0.5) is 5.69 Å². The molecule has 0 unspecified atom stereocenters. The van der Waals surface area contributed by atoms with Crippen LogP contribution < -0.4 is 28.4 Å². The van der Waals surface area contributed by atoms with Gasteiger partial charge in [-0.05, 0) is 18.2 Å². The Kier molecular flexibility index (Phi) is 9.51. The summed E-state index contributed by atoms with van der Waals surface area (Å²) in [7, 11) is -3.41. The topological polar surface area (TPSA) is 176 Å². The van der Waals surface area contributed by atoms with E-state index >= 15 is 0 Å². The van der Waals surface area contributed by atoms with Crippen molar-refractivity contribution in [3.05, 3.63) is 41.3 Å². The summed E-state index contributed by atoms with van der Waals surface area (Å²) in [6.45, 7) is -1.04. The Bertz CT molecular complexity index is 1210. The van der Waals surface area contributed by atoms with Gasteiger partial charge in [0.1, 0.15) is 17.2 Å². The zero-order valence-electron chi connectivity index (χ0n) is 19.1. The first-order valence-corrected chi connectivity index (χ1v) is 12.6. The number of hydrogen-bond acceptors (Lipinski definition) is 10. The van der Waals surface area contributed by atoms with Gasteiger partial charge in [0.05, 0.1) is 45.1 Å². The molecule has 15 heteroatoms. The van der Waals surface area contributed by atoms with E-state index in [4.69, 9.17) is 33.5 Å². The lowest BCUT2D eigenvalue weighted by Gasteiger charge is -2.13. The highest BCUT2D eigenvalue weighted by molar-refractivity contribution is 7.95. The van der Waals surface area contributed by atoms with Gasteiger partial charge in [0.15, 0.2) is 18.1 Å². The molecular formula is C20H24NO12PS. The molecule has 0 saturated carbocycles. The molecule has 3 N–H and O–H groups in total. The van der Waals surface area contributed by atoms with E-state index in [-0.39, 0.29) is 17.2 Å². The summed E-state index contributed by atoms with van der Waals surface area (Å²) < 4.78 is 68.1. The van der Waals surface area contributed by atoms with Crippen molar-refractivity contribution in [2.24, 2.45) is 0 Å². The van der Waals surface area contributed by atoms with Crippen LogP contribution in [-0.2, 0) is 23.9 Å². The van der Waals surface area contributed by atoms with E-state index in [0.29, 0.717) is 22.8 Å². The maximum Gasteiger partial charge on any atom is 0.470 e. The molecule has 0 aliphatic carbocycles. The smallest absolute Gasteiger partial charge is 0.470 e. The minimum Gasteiger partial charge on any atom is -0.496 e. The third kappa shape index (κ3) is 8.46. The average Bonchev–Trinajstić information content (AvgIpc) is 2.80. The highest BCUT2D eigenvalue weighted by Gasteiger charge is 2.19. The molecule has 0 aliphatic heterocycles. The van der Waals surface area contributed by atoms with Crippen LogP contribution in [0.5, 0.6) is 28.7 Å². The molecule has 0 saturated heterocycles. The number of methoxy groups -OCH3 is 4. The Morgan fingerprint density at radius 2 is 1.54 bits per heavy atom.